The van der Waals surface area contributed by atoms with Crippen molar-refractivity contribution in [3.05, 3.63) is 93.3 Å². The number of ether oxygens (including phenoxy) is 1. The summed E-state index contributed by atoms with van der Waals surface area (Å²) in [6, 6.07) is 7.74. The second-order valence-electron chi connectivity index (χ2n) is 10.5. The zero-order chi connectivity index (χ0) is 32.8. The van der Waals surface area contributed by atoms with Crippen LogP contribution < -0.4 is 10.6 Å². The number of hydrogen-bond acceptors (Lipinski definition) is 4. The lowest BCUT2D eigenvalue weighted by atomic mass is 10.0. The number of benzene rings is 3. The van der Waals surface area contributed by atoms with Crippen molar-refractivity contribution in [3.8, 4) is 0 Å². The molecule has 2 aliphatic rings. The highest BCUT2D eigenvalue weighted by molar-refractivity contribution is 6.53. The van der Waals surface area contributed by atoms with E-state index in [1.807, 2.05) is 0 Å². The van der Waals surface area contributed by atoms with Crippen LogP contribution in [-0.2, 0) is 26.9 Å². The van der Waals surface area contributed by atoms with E-state index in [1.165, 1.54) is 12.1 Å². The average molecular weight is 694 g/mol. The molecule has 1 saturated heterocycles. The van der Waals surface area contributed by atoms with Crippen molar-refractivity contribution in [1.82, 2.24) is 0 Å². The predicted octanol–water partition coefficient (Wildman–Crippen LogP) is 7.85. The Bertz CT molecular complexity index is 1690. The molecular formula is C30H21Cl3F6N2O4. The number of amides is 2. The average Bonchev–Trinajstić information content (AvgIpc) is 3.27. The standard InChI is InChI=1S/C30H21Cl3F6N2O4/c31-18-5-4-14(40-28(44)25-24(29(25,32)33)13-3-6-20(35)17(10-13)30(37,38)39)11-15(18)27(43)41-21-8-7-19(34)16(26(21)36)12-22(42)23-2-1-9-45-23/h3-8,10-11,23-25H,1-2,9,12H2,(H,40,44)(H,41,43)/t23-,24-,25+/m0/s1. The van der Waals surface area contributed by atoms with E-state index in [1.54, 1.807) is 0 Å². The first-order valence-corrected chi connectivity index (χ1v) is 14.5. The van der Waals surface area contributed by atoms with Crippen molar-refractivity contribution in [2.75, 3.05) is 17.2 Å². The Kier molecular flexibility index (Phi) is 9.16. The normalized spacial score (nSPS) is 20.5. The highest BCUT2D eigenvalue weighted by Gasteiger charge is 2.67. The Balaban J connectivity index is 1.31. The van der Waals surface area contributed by atoms with E-state index in [0.717, 1.165) is 24.3 Å². The highest BCUT2D eigenvalue weighted by atomic mass is 35.5. The van der Waals surface area contributed by atoms with Crippen molar-refractivity contribution >= 4 is 63.8 Å². The molecule has 3 aromatic rings. The van der Waals surface area contributed by atoms with Gasteiger partial charge in [-0.2, -0.15) is 13.2 Å². The molecule has 1 aliphatic heterocycles. The van der Waals surface area contributed by atoms with Crippen molar-refractivity contribution in [2.24, 2.45) is 5.92 Å². The van der Waals surface area contributed by atoms with Crippen LogP contribution in [0.5, 0.6) is 0 Å². The molecule has 0 spiro atoms. The second-order valence-corrected chi connectivity index (χ2v) is 12.4. The van der Waals surface area contributed by atoms with Crippen LogP contribution in [0.25, 0.3) is 0 Å². The second kappa shape index (κ2) is 12.5. The summed E-state index contributed by atoms with van der Waals surface area (Å²) in [4.78, 5) is 38.5. The first kappa shape index (κ1) is 33.1. The van der Waals surface area contributed by atoms with Gasteiger partial charge >= 0.3 is 6.18 Å². The minimum atomic E-state index is -4.99. The summed E-state index contributed by atoms with van der Waals surface area (Å²) in [5.41, 5.74) is -2.87. The lowest BCUT2D eigenvalue weighted by molar-refractivity contribution is -0.140. The van der Waals surface area contributed by atoms with Gasteiger partial charge in [0.15, 0.2) is 11.6 Å². The number of Topliss-reactive ketones (excluding diaryl/α,β-unsaturated/α-hetero) is 1. The van der Waals surface area contributed by atoms with Crippen LogP contribution >= 0.6 is 34.8 Å². The van der Waals surface area contributed by atoms with E-state index in [4.69, 9.17) is 39.5 Å². The number of hydrogen-bond donors (Lipinski definition) is 2. The fourth-order valence-electron chi connectivity index (χ4n) is 5.18. The Morgan fingerprint density at radius 2 is 1.67 bits per heavy atom. The Morgan fingerprint density at radius 1 is 0.956 bits per heavy atom. The molecule has 0 bridgehead atoms. The van der Waals surface area contributed by atoms with Crippen molar-refractivity contribution in [2.45, 2.75) is 41.8 Å². The SMILES string of the molecule is O=C(Nc1ccc(F)c(CC(=O)[C@@H]2CCCO2)c1F)c1cc(NC(=O)[C@H]2[C@H](c3ccc(F)c(C(F)(F)F)c3)C2(Cl)Cl)ccc1Cl. The van der Waals surface area contributed by atoms with Gasteiger partial charge in [0.2, 0.25) is 5.91 Å². The van der Waals surface area contributed by atoms with Gasteiger partial charge in [-0.3, -0.25) is 14.4 Å². The Labute approximate surface area is 267 Å². The molecule has 0 unspecified atom stereocenters. The first-order chi connectivity index (χ1) is 21.1. The van der Waals surface area contributed by atoms with Gasteiger partial charge in [0.1, 0.15) is 22.1 Å². The van der Waals surface area contributed by atoms with Crippen LogP contribution in [0.2, 0.25) is 5.02 Å². The van der Waals surface area contributed by atoms with E-state index in [2.05, 4.69) is 10.6 Å². The molecule has 0 radical (unpaired) electrons. The number of nitrogens with one attached hydrogen (secondary N) is 2. The quantitative estimate of drug-likeness (QED) is 0.186. The summed E-state index contributed by atoms with van der Waals surface area (Å²) in [6.45, 7) is 0.370. The lowest BCUT2D eigenvalue weighted by Gasteiger charge is -2.14. The van der Waals surface area contributed by atoms with Gasteiger partial charge in [-0.25, -0.2) is 13.2 Å². The minimum absolute atomic E-state index is 0.00171. The van der Waals surface area contributed by atoms with Gasteiger partial charge in [-0.1, -0.05) is 17.7 Å². The molecule has 3 aromatic carbocycles. The summed E-state index contributed by atoms with van der Waals surface area (Å²) >= 11 is 18.6. The Hall–Kier alpha value is -3.32. The van der Waals surface area contributed by atoms with Crippen LogP contribution in [0.4, 0.5) is 37.7 Å². The summed E-state index contributed by atoms with van der Waals surface area (Å²) in [7, 11) is 0. The molecule has 45 heavy (non-hydrogen) atoms. The highest BCUT2D eigenvalue weighted by Crippen LogP contribution is 2.65. The molecule has 6 nitrogen and oxygen atoms in total. The van der Waals surface area contributed by atoms with Crippen molar-refractivity contribution < 1.29 is 45.5 Å². The number of carbonyl (C=O) groups is 3. The Morgan fingerprint density at radius 3 is 2.33 bits per heavy atom. The topological polar surface area (TPSA) is 84.5 Å². The first-order valence-electron chi connectivity index (χ1n) is 13.4. The minimum Gasteiger partial charge on any atom is -0.370 e. The fourth-order valence-corrected chi connectivity index (χ4v) is 6.22. The fraction of sp³-hybridized carbons (Fsp3) is 0.300. The van der Waals surface area contributed by atoms with Crippen LogP contribution in [0.1, 0.15) is 45.8 Å². The molecule has 3 atom stereocenters. The van der Waals surface area contributed by atoms with E-state index >= 15 is 4.39 Å². The van der Waals surface area contributed by atoms with Crippen LogP contribution in [-0.4, -0.2) is 34.6 Å². The molecule has 0 aromatic heterocycles. The smallest absolute Gasteiger partial charge is 0.370 e. The van der Waals surface area contributed by atoms with Crippen LogP contribution in [0.15, 0.2) is 48.5 Å². The van der Waals surface area contributed by atoms with E-state index in [-0.39, 0.29) is 21.8 Å². The van der Waals surface area contributed by atoms with Crippen molar-refractivity contribution in [3.63, 3.8) is 0 Å². The number of carbonyl (C=O) groups excluding carboxylic acids is 3. The number of alkyl halides is 5. The van der Waals surface area contributed by atoms with Gasteiger partial charge in [0, 0.05) is 30.2 Å². The molecule has 5 rings (SSSR count). The zero-order valence-corrected chi connectivity index (χ0v) is 25.0. The molecule has 1 heterocycles. The third-order valence-corrected chi connectivity index (χ3v) is 8.81. The summed E-state index contributed by atoms with van der Waals surface area (Å²) in [5.74, 6) is -8.27. The molecule has 238 valence electrons. The van der Waals surface area contributed by atoms with E-state index in [0.29, 0.717) is 31.6 Å². The molecular weight excluding hydrogens is 673 g/mol. The number of anilines is 2. The molecule has 15 heteroatoms. The predicted molar refractivity (Wildman–Crippen MR) is 154 cm³/mol. The summed E-state index contributed by atoms with van der Waals surface area (Å²) in [5, 5.41) is 4.62. The monoisotopic (exact) mass is 692 g/mol. The zero-order valence-electron chi connectivity index (χ0n) is 22.7. The number of halogens is 9. The van der Waals surface area contributed by atoms with Crippen LogP contribution in [0.3, 0.4) is 0 Å². The third-order valence-electron chi connectivity index (χ3n) is 7.54. The summed E-state index contributed by atoms with van der Waals surface area (Å²) < 4.78 is 86.5. The van der Waals surface area contributed by atoms with Gasteiger partial charge in [0.25, 0.3) is 5.91 Å². The molecule has 2 amide bonds. The van der Waals surface area contributed by atoms with Gasteiger partial charge in [-0.15, -0.1) is 23.2 Å². The molecule has 2 fully saturated rings. The molecule has 2 N–H and O–H groups in total. The van der Waals surface area contributed by atoms with Gasteiger partial charge < -0.3 is 15.4 Å². The summed E-state index contributed by atoms with van der Waals surface area (Å²) in [6.07, 6.45) is -5.26. The molecule has 1 aliphatic carbocycles. The van der Waals surface area contributed by atoms with Crippen molar-refractivity contribution in [1.29, 1.82) is 0 Å². The van der Waals surface area contributed by atoms with Gasteiger partial charge in [0.05, 0.1) is 27.8 Å². The van der Waals surface area contributed by atoms with Crippen LogP contribution in [0, 0.1) is 23.4 Å². The maximum atomic E-state index is 15.2. The number of ketones is 1. The lowest BCUT2D eigenvalue weighted by Crippen LogP contribution is -2.23. The largest absolute Gasteiger partial charge is 0.419 e. The number of rotatable bonds is 8. The maximum Gasteiger partial charge on any atom is 0.419 e. The van der Waals surface area contributed by atoms with E-state index in [9.17, 15) is 36.3 Å². The van der Waals surface area contributed by atoms with Gasteiger partial charge in [-0.05, 0) is 60.9 Å². The third kappa shape index (κ3) is 6.79. The maximum absolute atomic E-state index is 15.2. The van der Waals surface area contributed by atoms with E-state index < -0.39 is 86.7 Å². The molecule has 1 saturated carbocycles.